The Morgan fingerprint density at radius 1 is 1.85 bits per heavy atom. The summed E-state index contributed by atoms with van der Waals surface area (Å²) >= 11 is 4.70. The summed E-state index contributed by atoms with van der Waals surface area (Å²) in [4.78, 5) is 3.91. The van der Waals surface area contributed by atoms with Crippen LogP contribution in [0.4, 0.5) is 0 Å². The Bertz CT molecular complexity index is 317. The SMILES string of the molecule is Cn1cncc1/C=N\NC(=S)NN. The topological polar surface area (TPSA) is 80.3 Å². The summed E-state index contributed by atoms with van der Waals surface area (Å²) in [5.41, 5.74) is 5.63. The third-order valence-corrected chi connectivity index (χ3v) is 1.56. The van der Waals surface area contributed by atoms with Crippen molar-refractivity contribution in [3.8, 4) is 0 Å². The number of hydrogen-bond acceptors (Lipinski definition) is 4. The molecule has 0 aromatic carbocycles. The third kappa shape index (κ3) is 2.80. The fraction of sp³-hybridized carbons (Fsp3) is 0.167. The monoisotopic (exact) mass is 198 g/mol. The first kappa shape index (κ1) is 9.62. The molecular formula is C6H10N6S. The Morgan fingerprint density at radius 3 is 3.15 bits per heavy atom. The minimum Gasteiger partial charge on any atom is -0.333 e. The van der Waals surface area contributed by atoms with E-state index in [1.165, 1.54) is 0 Å². The highest BCUT2D eigenvalue weighted by Gasteiger charge is 1.92. The normalized spacial score (nSPS) is 10.3. The molecule has 4 N–H and O–H groups in total. The minimum atomic E-state index is 0.262. The number of nitrogens with one attached hydrogen (secondary N) is 2. The van der Waals surface area contributed by atoms with Crippen LogP contribution in [0.1, 0.15) is 5.69 Å². The van der Waals surface area contributed by atoms with E-state index < -0.39 is 0 Å². The first-order valence-corrected chi connectivity index (χ1v) is 3.91. The van der Waals surface area contributed by atoms with E-state index >= 15 is 0 Å². The molecule has 0 aliphatic heterocycles. The zero-order chi connectivity index (χ0) is 9.68. The maximum atomic E-state index is 5.02. The summed E-state index contributed by atoms with van der Waals surface area (Å²) < 4.78 is 1.82. The van der Waals surface area contributed by atoms with Crippen LogP contribution in [0.2, 0.25) is 0 Å². The molecule has 1 heterocycles. The van der Waals surface area contributed by atoms with Crippen molar-refractivity contribution in [3.63, 3.8) is 0 Å². The number of aryl methyl sites for hydroxylation is 1. The van der Waals surface area contributed by atoms with Gasteiger partial charge in [0.1, 0.15) is 0 Å². The van der Waals surface area contributed by atoms with Crippen molar-refractivity contribution in [2.45, 2.75) is 0 Å². The predicted molar refractivity (Wildman–Crippen MR) is 53.9 cm³/mol. The van der Waals surface area contributed by atoms with Gasteiger partial charge < -0.3 is 4.57 Å². The molecule has 6 nitrogen and oxygen atoms in total. The van der Waals surface area contributed by atoms with Crippen molar-refractivity contribution < 1.29 is 0 Å². The number of hydrazine groups is 1. The van der Waals surface area contributed by atoms with Gasteiger partial charge in [-0.05, 0) is 12.2 Å². The molecule has 0 atom stereocenters. The Morgan fingerprint density at radius 2 is 2.62 bits per heavy atom. The van der Waals surface area contributed by atoms with Gasteiger partial charge in [0.25, 0.3) is 0 Å². The molecule has 7 heteroatoms. The molecule has 0 aliphatic carbocycles. The van der Waals surface area contributed by atoms with Gasteiger partial charge >= 0.3 is 0 Å². The Hall–Kier alpha value is -1.47. The lowest BCUT2D eigenvalue weighted by atomic mass is 10.5. The number of nitrogens with two attached hydrogens (primary N) is 1. The largest absolute Gasteiger partial charge is 0.333 e. The molecule has 1 rings (SSSR count). The third-order valence-electron chi connectivity index (χ3n) is 1.35. The molecule has 1 aromatic rings. The average molecular weight is 198 g/mol. The van der Waals surface area contributed by atoms with Crippen LogP contribution in [0, 0.1) is 0 Å². The van der Waals surface area contributed by atoms with Gasteiger partial charge in [0.2, 0.25) is 5.11 Å². The summed E-state index contributed by atoms with van der Waals surface area (Å²) in [7, 11) is 1.87. The lowest BCUT2D eigenvalue weighted by Gasteiger charge is -1.99. The lowest BCUT2D eigenvalue weighted by Crippen LogP contribution is -2.37. The summed E-state index contributed by atoms with van der Waals surface area (Å²) in [5.74, 6) is 5.02. The zero-order valence-corrected chi connectivity index (χ0v) is 7.88. The molecule has 0 bridgehead atoms. The van der Waals surface area contributed by atoms with Crippen molar-refractivity contribution in [2.75, 3.05) is 0 Å². The van der Waals surface area contributed by atoms with Crippen molar-refractivity contribution in [2.24, 2.45) is 18.0 Å². The van der Waals surface area contributed by atoms with E-state index in [0.717, 1.165) is 5.69 Å². The summed E-state index contributed by atoms with van der Waals surface area (Å²) in [6, 6.07) is 0. The zero-order valence-electron chi connectivity index (χ0n) is 7.06. The number of thiocarbonyl (C=S) groups is 1. The maximum Gasteiger partial charge on any atom is 0.201 e. The molecule has 0 fully saturated rings. The fourth-order valence-corrected chi connectivity index (χ4v) is 0.734. The second-order valence-electron chi connectivity index (χ2n) is 2.27. The van der Waals surface area contributed by atoms with Crippen molar-refractivity contribution >= 4 is 23.5 Å². The number of imidazole rings is 1. The molecule has 13 heavy (non-hydrogen) atoms. The van der Waals surface area contributed by atoms with Crippen LogP contribution >= 0.6 is 12.2 Å². The number of hydrazone groups is 1. The van der Waals surface area contributed by atoms with Crippen LogP contribution in [0.25, 0.3) is 0 Å². The summed E-state index contributed by atoms with van der Waals surface area (Å²) in [6.07, 6.45) is 4.96. The van der Waals surface area contributed by atoms with Gasteiger partial charge in [-0.25, -0.2) is 10.8 Å². The highest BCUT2D eigenvalue weighted by Crippen LogP contribution is 1.89. The molecule has 0 radical (unpaired) electrons. The molecule has 0 unspecified atom stereocenters. The van der Waals surface area contributed by atoms with Crippen LogP contribution in [0.5, 0.6) is 0 Å². The molecule has 0 saturated heterocycles. The summed E-state index contributed by atoms with van der Waals surface area (Å²) in [6.45, 7) is 0. The van der Waals surface area contributed by atoms with Crippen molar-refractivity contribution in [1.29, 1.82) is 0 Å². The number of hydrogen-bond donors (Lipinski definition) is 3. The molecule has 70 valence electrons. The molecule has 1 aromatic heterocycles. The Kier molecular flexibility index (Phi) is 3.35. The van der Waals surface area contributed by atoms with Crippen LogP contribution in [-0.4, -0.2) is 20.9 Å². The van der Waals surface area contributed by atoms with Gasteiger partial charge in [0.05, 0.1) is 24.4 Å². The highest BCUT2D eigenvalue weighted by molar-refractivity contribution is 7.80. The standard InChI is InChI=1S/C6H10N6S/c1-12-4-8-2-5(12)3-9-11-6(13)10-7/h2-4H,7H2,1H3,(H2,10,11,13)/b9-3-. The van der Waals surface area contributed by atoms with Gasteiger partial charge in [0, 0.05) is 7.05 Å². The van der Waals surface area contributed by atoms with E-state index in [9.17, 15) is 0 Å². The predicted octanol–water partition coefficient (Wildman–Crippen LogP) is -0.908. The Balaban J connectivity index is 2.50. The molecule has 0 saturated carbocycles. The van der Waals surface area contributed by atoms with Gasteiger partial charge in [-0.1, -0.05) is 0 Å². The number of rotatable bonds is 2. The van der Waals surface area contributed by atoms with Gasteiger partial charge in [0.15, 0.2) is 0 Å². The molecule has 0 amide bonds. The smallest absolute Gasteiger partial charge is 0.201 e. The van der Waals surface area contributed by atoms with Crippen molar-refractivity contribution in [1.82, 2.24) is 20.4 Å². The highest BCUT2D eigenvalue weighted by atomic mass is 32.1. The quantitative estimate of drug-likeness (QED) is 0.248. The maximum absolute atomic E-state index is 5.02. The van der Waals surface area contributed by atoms with E-state index in [1.807, 2.05) is 11.6 Å². The van der Waals surface area contributed by atoms with E-state index in [-0.39, 0.29) is 5.11 Å². The lowest BCUT2D eigenvalue weighted by molar-refractivity contribution is 0.896. The second kappa shape index (κ2) is 4.53. The van der Waals surface area contributed by atoms with Crippen LogP contribution in [0.15, 0.2) is 17.6 Å². The molecule has 0 spiro atoms. The Labute approximate surface area is 80.8 Å². The molecule has 0 aliphatic rings. The van der Waals surface area contributed by atoms with Gasteiger partial charge in [-0.2, -0.15) is 5.10 Å². The van der Waals surface area contributed by atoms with E-state index in [0.29, 0.717) is 0 Å². The van der Waals surface area contributed by atoms with Gasteiger partial charge in [-0.15, -0.1) is 0 Å². The van der Waals surface area contributed by atoms with Gasteiger partial charge in [-0.3, -0.25) is 10.9 Å². The number of aromatic nitrogens is 2. The average Bonchev–Trinajstić information content (AvgIpc) is 2.52. The van der Waals surface area contributed by atoms with E-state index in [4.69, 9.17) is 18.1 Å². The second-order valence-corrected chi connectivity index (χ2v) is 2.68. The first-order valence-electron chi connectivity index (χ1n) is 3.50. The molecular weight excluding hydrogens is 188 g/mol. The van der Waals surface area contributed by atoms with Crippen LogP contribution < -0.4 is 16.7 Å². The van der Waals surface area contributed by atoms with E-state index in [2.05, 4.69) is 20.9 Å². The summed E-state index contributed by atoms with van der Waals surface area (Å²) in [5, 5.41) is 4.09. The van der Waals surface area contributed by atoms with Crippen LogP contribution in [0.3, 0.4) is 0 Å². The first-order chi connectivity index (χ1) is 6.24. The number of nitrogens with zero attached hydrogens (tertiary/aromatic N) is 3. The van der Waals surface area contributed by atoms with E-state index in [1.54, 1.807) is 18.7 Å². The van der Waals surface area contributed by atoms with Crippen LogP contribution in [-0.2, 0) is 7.05 Å². The minimum absolute atomic E-state index is 0.262. The van der Waals surface area contributed by atoms with Crippen molar-refractivity contribution in [3.05, 3.63) is 18.2 Å². The fourth-order valence-electron chi connectivity index (χ4n) is 0.681.